The van der Waals surface area contributed by atoms with Gasteiger partial charge in [-0.3, -0.25) is 0 Å². The summed E-state index contributed by atoms with van der Waals surface area (Å²) < 4.78 is 0. The zero-order valence-electron chi connectivity index (χ0n) is 29.5. The first kappa shape index (κ1) is 36.9. The van der Waals surface area contributed by atoms with Gasteiger partial charge in [-0.25, -0.2) is 0 Å². The molecule has 48 heavy (non-hydrogen) atoms. The van der Waals surface area contributed by atoms with Crippen LogP contribution in [-0.4, -0.2) is 7.05 Å². The van der Waals surface area contributed by atoms with Gasteiger partial charge in [0, 0.05) is 35.5 Å². The molecule has 0 spiro atoms. The third kappa shape index (κ3) is 10.2. The second-order valence-electron chi connectivity index (χ2n) is 10.9. The van der Waals surface area contributed by atoms with E-state index in [9.17, 15) is 0 Å². The van der Waals surface area contributed by atoms with E-state index >= 15 is 0 Å². The third-order valence-electron chi connectivity index (χ3n) is 7.47. The van der Waals surface area contributed by atoms with Crippen molar-refractivity contribution in [1.82, 2.24) is 0 Å². The number of nitrogens with zero attached hydrogens (tertiary/aromatic N) is 2. The summed E-state index contributed by atoms with van der Waals surface area (Å²) >= 11 is 0. The number of hydrogen-bond acceptors (Lipinski definition) is 2. The highest BCUT2D eigenvalue weighted by Crippen LogP contribution is 2.38. The highest BCUT2D eigenvalue weighted by molar-refractivity contribution is 5.89. The molecule has 6 aromatic carbocycles. The van der Waals surface area contributed by atoms with E-state index in [-0.39, 0.29) is 0 Å². The summed E-state index contributed by atoms with van der Waals surface area (Å²) in [7, 11) is 2.11. The van der Waals surface area contributed by atoms with E-state index in [0.717, 1.165) is 22.7 Å². The maximum Gasteiger partial charge on any atom is 0.0468 e. The van der Waals surface area contributed by atoms with Crippen LogP contribution in [0.1, 0.15) is 33.3 Å². The molecule has 6 aromatic rings. The fourth-order valence-electron chi connectivity index (χ4n) is 5.08. The fraction of sp³-hybridized carbons (Fsp3) is 0.130. The van der Waals surface area contributed by atoms with Crippen molar-refractivity contribution >= 4 is 39.2 Å². The van der Waals surface area contributed by atoms with Gasteiger partial charge in [-0.15, -0.1) is 6.58 Å². The lowest BCUT2D eigenvalue weighted by atomic mass is 10.0. The first-order valence-electron chi connectivity index (χ1n) is 16.6. The van der Waals surface area contributed by atoms with Crippen molar-refractivity contribution in [1.29, 1.82) is 0 Å². The lowest BCUT2D eigenvalue weighted by molar-refractivity contribution is 1.20. The molecule has 2 nitrogen and oxygen atoms in total. The molecule has 0 unspecified atom stereocenters. The van der Waals surface area contributed by atoms with Gasteiger partial charge in [0.05, 0.1) is 0 Å². The van der Waals surface area contributed by atoms with E-state index in [1.807, 2.05) is 39.8 Å². The van der Waals surface area contributed by atoms with Gasteiger partial charge in [-0.05, 0) is 103 Å². The molecule has 0 aliphatic carbocycles. The number of benzene rings is 6. The molecule has 0 N–H and O–H groups in total. The molecular weight excluding hydrogens is 581 g/mol. The van der Waals surface area contributed by atoms with Gasteiger partial charge in [0.1, 0.15) is 0 Å². The predicted molar refractivity (Wildman–Crippen MR) is 216 cm³/mol. The SMILES string of the molecule is C=C/C=C\C.C=CC.CC.Cc1ccc(N(C)c2ccc(N(c3ccc(-c4ccccc4)cc3)c3ccc4ccccc4c3)cc2)cc1. The van der Waals surface area contributed by atoms with Gasteiger partial charge < -0.3 is 9.80 Å². The maximum absolute atomic E-state index is 3.46. The standard InChI is InChI=1S/C36H30N2.C5H8.C3H6.C2H6/c1-27-12-17-32(18-13-27)37(2)33-22-24-35(25-23-33)38(36-21-16-29-10-6-7-11-31(29)26-36)34-19-14-30(15-20-34)28-8-4-3-5-9-28;1-3-5-4-2;1-3-2;1-2/h3-26H,1-2H3;3-5H,1H2,2H3;3H,1H2,2H3;1-2H3/b;5-4-;;. The van der Waals surface area contributed by atoms with E-state index in [2.05, 4.69) is 183 Å². The van der Waals surface area contributed by atoms with Crippen LogP contribution in [0.25, 0.3) is 21.9 Å². The van der Waals surface area contributed by atoms with Crippen molar-refractivity contribution in [2.45, 2.75) is 34.6 Å². The zero-order chi connectivity index (χ0) is 34.7. The number of rotatable bonds is 7. The zero-order valence-corrected chi connectivity index (χ0v) is 29.5. The molecule has 0 saturated carbocycles. The Morgan fingerprint density at radius 2 is 0.938 bits per heavy atom. The normalized spacial score (nSPS) is 9.96. The van der Waals surface area contributed by atoms with E-state index < -0.39 is 0 Å². The summed E-state index contributed by atoms with van der Waals surface area (Å²) in [6.07, 6.45) is 7.33. The second-order valence-corrected chi connectivity index (χ2v) is 10.9. The van der Waals surface area contributed by atoms with Crippen molar-refractivity contribution < 1.29 is 0 Å². The third-order valence-corrected chi connectivity index (χ3v) is 7.47. The van der Waals surface area contributed by atoms with Crippen LogP contribution in [0.4, 0.5) is 28.4 Å². The minimum Gasteiger partial charge on any atom is -0.345 e. The van der Waals surface area contributed by atoms with E-state index in [1.54, 1.807) is 12.2 Å². The molecule has 0 heterocycles. The van der Waals surface area contributed by atoms with Crippen LogP contribution in [0.3, 0.4) is 0 Å². The molecule has 6 rings (SSSR count). The lowest BCUT2D eigenvalue weighted by Gasteiger charge is -2.27. The molecule has 244 valence electrons. The summed E-state index contributed by atoms with van der Waals surface area (Å²) in [5.74, 6) is 0. The Morgan fingerprint density at radius 1 is 0.500 bits per heavy atom. The second kappa shape index (κ2) is 19.8. The largest absolute Gasteiger partial charge is 0.345 e. The molecule has 0 aliphatic heterocycles. The quantitative estimate of drug-likeness (QED) is 0.128. The first-order valence-corrected chi connectivity index (χ1v) is 16.6. The highest BCUT2D eigenvalue weighted by atomic mass is 15.1. The molecule has 0 aliphatic rings. The first-order chi connectivity index (χ1) is 23.5. The molecule has 0 amide bonds. The Labute approximate surface area is 289 Å². The van der Waals surface area contributed by atoms with Crippen LogP contribution in [0.2, 0.25) is 0 Å². The molecule has 0 atom stereocenters. The van der Waals surface area contributed by atoms with E-state index in [1.165, 1.54) is 33.2 Å². The van der Waals surface area contributed by atoms with Crippen molar-refractivity contribution in [2.24, 2.45) is 0 Å². The molecule has 0 bridgehead atoms. The van der Waals surface area contributed by atoms with Crippen LogP contribution in [-0.2, 0) is 0 Å². The average Bonchev–Trinajstić information content (AvgIpc) is 3.14. The maximum atomic E-state index is 3.46. The van der Waals surface area contributed by atoms with Crippen LogP contribution < -0.4 is 9.80 Å². The van der Waals surface area contributed by atoms with E-state index in [4.69, 9.17) is 0 Å². The Kier molecular flexibility index (Phi) is 15.2. The van der Waals surface area contributed by atoms with Crippen molar-refractivity contribution in [3.8, 4) is 11.1 Å². The predicted octanol–water partition coefficient (Wildman–Crippen LogP) is 14.0. The molecule has 0 radical (unpaired) electrons. The summed E-state index contributed by atoms with van der Waals surface area (Å²) in [5.41, 5.74) is 9.40. The number of hydrogen-bond donors (Lipinski definition) is 0. The van der Waals surface area contributed by atoms with Crippen LogP contribution >= 0.6 is 0 Å². The molecule has 0 aromatic heterocycles. The van der Waals surface area contributed by atoms with Gasteiger partial charge in [0.15, 0.2) is 0 Å². The van der Waals surface area contributed by atoms with Gasteiger partial charge in [-0.2, -0.15) is 0 Å². The Bertz CT molecular complexity index is 1830. The Hall–Kier alpha value is -5.60. The van der Waals surface area contributed by atoms with Crippen LogP contribution in [0, 0.1) is 6.92 Å². The Morgan fingerprint density at radius 3 is 1.46 bits per heavy atom. The minimum atomic E-state index is 1.12. The summed E-state index contributed by atoms with van der Waals surface area (Å²) in [5, 5.41) is 2.47. The van der Waals surface area contributed by atoms with Crippen molar-refractivity contribution in [3.05, 3.63) is 189 Å². The summed E-state index contributed by atoms with van der Waals surface area (Å²) in [6.45, 7) is 16.8. The average molecular weight is 631 g/mol. The monoisotopic (exact) mass is 630 g/mol. The van der Waals surface area contributed by atoms with Gasteiger partial charge >= 0.3 is 0 Å². The van der Waals surface area contributed by atoms with E-state index in [0.29, 0.717) is 0 Å². The summed E-state index contributed by atoms with van der Waals surface area (Å²) in [6, 6.07) is 52.0. The topological polar surface area (TPSA) is 6.48 Å². The molecule has 0 fully saturated rings. The molecule has 2 heteroatoms. The number of fused-ring (bicyclic) bond motifs is 1. The summed E-state index contributed by atoms with van der Waals surface area (Å²) in [4.78, 5) is 4.55. The van der Waals surface area contributed by atoms with Gasteiger partial charge in [-0.1, -0.05) is 135 Å². The smallest absolute Gasteiger partial charge is 0.0468 e. The van der Waals surface area contributed by atoms with Crippen molar-refractivity contribution in [2.75, 3.05) is 16.8 Å². The van der Waals surface area contributed by atoms with Gasteiger partial charge in [0.25, 0.3) is 0 Å². The molecule has 0 saturated heterocycles. The van der Waals surface area contributed by atoms with Crippen LogP contribution in [0.5, 0.6) is 0 Å². The lowest BCUT2D eigenvalue weighted by Crippen LogP contribution is -2.12. The van der Waals surface area contributed by atoms with Gasteiger partial charge in [0.2, 0.25) is 0 Å². The number of allylic oxidation sites excluding steroid dienone is 4. The number of anilines is 5. The molecular formula is C46H50N2. The van der Waals surface area contributed by atoms with Crippen LogP contribution in [0.15, 0.2) is 183 Å². The van der Waals surface area contributed by atoms with Crippen molar-refractivity contribution in [3.63, 3.8) is 0 Å². The fourth-order valence-corrected chi connectivity index (χ4v) is 5.08. The highest BCUT2D eigenvalue weighted by Gasteiger charge is 2.14. The number of aryl methyl sites for hydroxylation is 1. The minimum absolute atomic E-state index is 1.12. The Balaban J connectivity index is 0.000000557.